The Labute approximate surface area is 155 Å². The Morgan fingerprint density at radius 1 is 1.04 bits per heavy atom. The van der Waals surface area contributed by atoms with Crippen LogP contribution in [-0.4, -0.2) is 23.0 Å². The fraction of sp³-hybridized carbons (Fsp3) is 0.348. The maximum Gasteiger partial charge on any atom is 0.0546 e. The third kappa shape index (κ3) is 3.73. The number of hydrogen-bond acceptors (Lipinski definition) is 3. The van der Waals surface area contributed by atoms with Gasteiger partial charge in [0.05, 0.1) is 5.69 Å². The minimum Gasteiger partial charge on any atom is -0.398 e. The average molecular weight is 345 g/mol. The van der Waals surface area contributed by atoms with E-state index in [1.807, 2.05) is 18.3 Å². The summed E-state index contributed by atoms with van der Waals surface area (Å²) in [4.78, 5) is 7.14. The van der Waals surface area contributed by atoms with Crippen molar-refractivity contribution in [2.24, 2.45) is 5.92 Å². The smallest absolute Gasteiger partial charge is 0.0546 e. The van der Waals surface area contributed by atoms with Crippen molar-refractivity contribution in [1.82, 2.24) is 9.88 Å². The van der Waals surface area contributed by atoms with Crippen molar-refractivity contribution >= 4 is 16.5 Å². The number of nitrogens with zero attached hydrogens (tertiary/aromatic N) is 2. The molecular formula is C23H27N3. The number of rotatable bonds is 4. The van der Waals surface area contributed by atoms with Crippen molar-refractivity contribution in [3.05, 3.63) is 71.5 Å². The molecule has 0 aliphatic carbocycles. The van der Waals surface area contributed by atoms with Gasteiger partial charge < -0.3 is 5.73 Å². The average Bonchev–Trinajstić information content (AvgIpc) is 2.67. The predicted molar refractivity (Wildman–Crippen MR) is 109 cm³/mol. The maximum absolute atomic E-state index is 6.14. The van der Waals surface area contributed by atoms with E-state index < -0.39 is 0 Å². The minimum atomic E-state index is 0.846. The summed E-state index contributed by atoms with van der Waals surface area (Å²) in [6.07, 6.45) is 5.47. The second-order valence-electron chi connectivity index (χ2n) is 7.65. The molecule has 0 amide bonds. The topological polar surface area (TPSA) is 42.1 Å². The van der Waals surface area contributed by atoms with E-state index in [0.29, 0.717) is 0 Å². The lowest BCUT2D eigenvalue weighted by Crippen LogP contribution is -2.32. The number of fused-ring (bicyclic) bond motifs is 1. The molecule has 134 valence electrons. The summed E-state index contributed by atoms with van der Waals surface area (Å²) in [5, 5.41) is 2.39. The number of pyridine rings is 1. The first-order chi connectivity index (χ1) is 12.7. The van der Waals surface area contributed by atoms with Gasteiger partial charge in [-0.2, -0.15) is 0 Å². The van der Waals surface area contributed by atoms with Gasteiger partial charge in [0.15, 0.2) is 0 Å². The Morgan fingerprint density at radius 3 is 2.62 bits per heavy atom. The molecule has 1 aromatic heterocycles. The fourth-order valence-corrected chi connectivity index (χ4v) is 3.93. The maximum atomic E-state index is 6.14. The van der Waals surface area contributed by atoms with Gasteiger partial charge in [0, 0.05) is 23.8 Å². The number of likely N-dealkylation sites (tertiary alicyclic amines) is 1. The van der Waals surface area contributed by atoms with Crippen molar-refractivity contribution in [3.63, 3.8) is 0 Å². The number of piperidine rings is 1. The van der Waals surface area contributed by atoms with E-state index in [2.05, 4.69) is 53.2 Å². The highest BCUT2D eigenvalue weighted by molar-refractivity contribution is 5.95. The van der Waals surface area contributed by atoms with E-state index in [9.17, 15) is 0 Å². The second-order valence-corrected chi connectivity index (χ2v) is 7.65. The Kier molecular flexibility index (Phi) is 4.89. The summed E-state index contributed by atoms with van der Waals surface area (Å²) in [6.45, 7) is 5.70. The van der Waals surface area contributed by atoms with Gasteiger partial charge in [-0.3, -0.25) is 9.88 Å². The molecule has 26 heavy (non-hydrogen) atoms. The summed E-state index contributed by atoms with van der Waals surface area (Å²) in [7, 11) is 0. The van der Waals surface area contributed by atoms with E-state index >= 15 is 0 Å². The van der Waals surface area contributed by atoms with Crippen LogP contribution in [0.3, 0.4) is 0 Å². The molecule has 0 bridgehead atoms. The van der Waals surface area contributed by atoms with Gasteiger partial charge in [-0.25, -0.2) is 0 Å². The Balaban J connectivity index is 1.53. The molecule has 3 aromatic rings. The Hall–Kier alpha value is -2.39. The van der Waals surface area contributed by atoms with E-state index in [1.54, 1.807) is 0 Å². The van der Waals surface area contributed by atoms with Crippen molar-refractivity contribution < 1.29 is 0 Å². The van der Waals surface area contributed by atoms with Crippen molar-refractivity contribution in [2.45, 2.75) is 32.7 Å². The minimum absolute atomic E-state index is 0.846. The number of aromatic nitrogens is 1. The standard InChI is InChI=1S/C23H27N3/c1-17-9-12-26(13-10-17)16-20-15-18(8-11-25-20)14-19-6-7-23(24)22-5-3-2-4-21(19)22/h2-8,11,15,17H,9-10,12-14,16,24H2,1H3. The van der Waals surface area contributed by atoms with Crippen LogP contribution >= 0.6 is 0 Å². The molecule has 0 saturated carbocycles. The summed E-state index contributed by atoms with van der Waals surface area (Å²) >= 11 is 0. The van der Waals surface area contributed by atoms with E-state index in [4.69, 9.17) is 5.73 Å². The van der Waals surface area contributed by atoms with Crippen LogP contribution in [0, 0.1) is 5.92 Å². The van der Waals surface area contributed by atoms with Gasteiger partial charge >= 0.3 is 0 Å². The fourth-order valence-electron chi connectivity index (χ4n) is 3.93. The summed E-state index contributed by atoms with van der Waals surface area (Å²) in [6, 6.07) is 17.0. The molecule has 2 aromatic carbocycles. The van der Waals surface area contributed by atoms with E-state index in [-0.39, 0.29) is 0 Å². The zero-order valence-electron chi connectivity index (χ0n) is 15.5. The molecule has 3 heteroatoms. The van der Waals surface area contributed by atoms with Gasteiger partial charge in [0.1, 0.15) is 0 Å². The highest BCUT2D eigenvalue weighted by atomic mass is 15.1. The van der Waals surface area contributed by atoms with Gasteiger partial charge in [-0.05, 0) is 73.0 Å². The molecule has 0 atom stereocenters. The summed E-state index contributed by atoms with van der Waals surface area (Å²) in [5.41, 5.74) is 10.8. The first-order valence-corrected chi connectivity index (χ1v) is 9.61. The number of hydrogen-bond donors (Lipinski definition) is 1. The number of nitrogens with two attached hydrogens (primary N) is 1. The molecule has 0 spiro atoms. The van der Waals surface area contributed by atoms with Crippen LogP contribution < -0.4 is 5.73 Å². The molecule has 0 unspecified atom stereocenters. The van der Waals surface area contributed by atoms with Crippen LogP contribution in [0.4, 0.5) is 5.69 Å². The largest absolute Gasteiger partial charge is 0.398 e. The molecule has 2 heterocycles. The third-order valence-corrected chi connectivity index (χ3v) is 5.59. The monoisotopic (exact) mass is 345 g/mol. The molecule has 1 aliphatic rings. The van der Waals surface area contributed by atoms with Crippen molar-refractivity contribution in [2.75, 3.05) is 18.8 Å². The van der Waals surface area contributed by atoms with Crippen LogP contribution in [0.2, 0.25) is 0 Å². The quantitative estimate of drug-likeness (QED) is 0.701. The van der Waals surface area contributed by atoms with Crippen molar-refractivity contribution in [3.8, 4) is 0 Å². The van der Waals surface area contributed by atoms with Crippen LogP contribution in [0.25, 0.3) is 10.8 Å². The van der Waals surface area contributed by atoms with E-state index in [0.717, 1.165) is 30.0 Å². The lowest BCUT2D eigenvalue weighted by atomic mass is 9.97. The zero-order valence-corrected chi connectivity index (χ0v) is 15.5. The normalized spacial score (nSPS) is 16.2. The Morgan fingerprint density at radius 2 is 1.81 bits per heavy atom. The molecule has 1 fully saturated rings. The van der Waals surface area contributed by atoms with Gasteiger partial charge in [-0.1, -0.05) is 37.3 Å². The Bertz CT molecular complexity index is 895. The number of nitrogen functional groups attached to an aromatic ring is 1. The lowest BCUT2D eigenvalue weighted by molar-refractivity contribution is 0.183. The lowest BCUT2D eigenvalue weighted by Gasteiger charge is -2.29. The van der Waals surface area contributed by atoms with Gasteiger partial charge in [-0.15, -0.1) is 0 Å². The first kappa shape index (κ1) is 17.0. The van der Waals surface area contributed by atoms with Crippen LogP contribution in [0.1, 0.15) is 36.6 Å². The number of anilines is 1. The number of benzene rings is 2. The van der Waals surface area contributed by atoms with Gasteiger partial charge in [0.25, 0.3) is 0 Å². The molecule has 4 rings (SSSR count). The van der Waals surface area contributed by atoms with Crippen LogP contribution in [0.5, 0.6) is 0 Å². The van der Waals surface area contributed by atoms with Crippen molar-refractivity contribution in [1.29, 1.82) is 0 Å². The predicted octanol–water partition coefficient (Wildman–Crippen LogP) is 4.64. The molecular weight excluding hydrogens is 318 g/mol. The molecule has 0 radical (unpaired) electrons. The summed E-state index contributed by atoms with van der Waals surface area (Å²) in [5.74, 6) is 0.865. The van der Waals surface area contributed by atoms with Crippen LogP contribution in [0.15, 0.2) is 54.7 Å². The zero-order chi connectivity index (χ0) is 17.9. The summed E-state index contributed by atoms with van der Waals surface area (Å²) < 4.78 is 0. The second kappa shape index (κ2) is 7.46. The third-order valence-electron chi connectivity index (χ3n) is 5.59. The first-order valence-electron chi connectivity index (χ1n) is 9.61. The van der Waals surface area contributed by atoms with E-state index in [1.165, 1.54) is 48.1 Å². The molecule has 1 aliphatic heterocycles. The van der Waals surface area contributed by atoms with Gasteiger partial charge in [0.2, 0.25) is 0 Å². The highest BCUT2D eigenvalue weighted by Gasteiger charge is 2.16. The van der Waals surface area contributed by atoms with Crippen LogP contribution in [-0.2, 0) is 13.0 Å². The molecule has 1 saturated heterocycles. The molecule has 3 nitrogen and oxygen atoms in total. The highest BCUT2D eigenvalue weighted by Crippen LogP contribution is 2.26. The molecule has 2 N–H and O–H groups in total. The SMILES string of the molecule is CC1CCN(Cc2cc(Cc3ccc(N)c4ccccc34)ccn2)CC1.